The van der Waals surface area contributed by atoms with E-state index in [2.05, 4.69) is 10.6 Å². The number of carbonyl (C=O) groups is 2. The number of hydrogen-bond acceptors (Lipinski definition) is 5. The highest BCUT2D eigenvalue weighted by Gasteiger charge is 2.17. The number of ether oxygens (including phenoxy) is 1. The summed E-state index contributed by atoms with van der Waals surface area (Å²) in [6.07, 6.45) is 0. The fraction of sp³-hybridized carbons (Fsp3) is 0.250. The molecule has 1 aromatic heterocycles. The van der Waals surface area contributed by atoms with Crippen molar-refractivity contribution < 1.29 is 14.3 Å². The van der Waals surface area contributed by atoms with Crippen LogP contribution in [0.15, 0.2) is 60.7 Å². The summed E-state index contributed by atoms with van der Waals surface area (Å²) in [5, 5.41) is 7.19. The number of fused-ring (bicyclic) bond motifs is 1. The lowest BCUT2D eigenvalue weighted by Crippen LogP contribution is -2.31. The van der Waals surface area contributed by atoms with Crippen LogP contribution in [0.25, 0.3) is 22.4 Å². The zero-order valence-electron chi connectivity index (χ0n) is 20.7. The molecule has 0 unspecified atom stereocenters. The van der Waals surface area contributed by atoms with E-state index >= 15 is 0 Å². The number of rotatable bonds is 10. The summed E-state index contributed by atoms with van der Waals surface area (Å²) in [6.45, 7) is 6.64. The fourth-order valence-electron chi connectivity index (χ4n) is 3.99. The topological polar surface area (TPSA) is 85.2 Å². The predicted molar refractivity (Wildman–Crippen MR) is 148 cm³/mol. The van der Waals surface area contributed by atoms with Crippen molar-refractivity contribution in [1.82, 2.24) is 20.2 Å². The van der Waals surface area contributed by atoms with E-state index < -0.39 is 5.97 Å². The quantitative estimate of drug-likeness (QED) is 0.203. The van der Waals surface area contributed by atoms with Gasteiger partial charge in [0.1, 0.15) is 5.82 Å². The Balaban J connectivity index is 1.71. The van der Waals surface area contributed by atoms with Crippen LogP contribution in [0.4, 0.5) is 0 Å². The summed E-state index contributed by atoms with van der Waals surface area (Å²) < 4.78 is 7.19. The number of halogens is 2. The number of nitrogens with zero attached hydrogens (tertiary/aromatic N) is 2. The number of nitrogens with one attached hydrogen (secondary N) is 2. The number of imidazole rings is 1. The number of hydrogen-bond donors (Lipinski definition) is 2. The van der Waals surface area contributed by atoms with Gasteiger partial charge in [-0.15, -0.1) is 0 Å². The van der Waals surface area contributed by atoms with Gasteiger partial charge < -0.3 is 19.9 Å². The monoisotopic (exact) mass is 538 g/mol. The number of esters is 1. The van der Waals surface area contributed by atoms with E-state index in [1.54, 1.807) is 43.3 Å². The minimum absolute atomic E-state index is 0.134. The lowest BCUT2D eigenvalue weighted by Gasteiger charge is -2.12. The van der Waals surface area contributed by atoms with Crippen LogP contribution in [0.3, 0.4) is 0 Å². The zero-order chi connectivity index (χ0) is 26.4. The number of likely N-dealkylation sites (N-methyl/N-ethyl adjacent to an activating group) is 1. The van der Waals surface area contributed by atoms with Crippen molar-refractivity contribution in [3.63, 3.8) is 0 Å². The first-order valence-electron chi connectivity index (χ1n) is 12.1. The van der Waals surface area contributed by atoms with Crippen LogP contribution in [-0.2, 0) is 11.3 Å². The van der Waals surface area contributed by atoms with Crippen LogP contribution in [0.5, 0.6) is 0 Å². The smallest absolute Gasteiger partial charge is 0.338 e. The molecular weight excluding hydrogens is 511 g/mol. The normalized spacial score (nSPS) is 11.0. The Labute approximate surface area is 225 Å². The average molecular weight is 539 g/mol. The van der Waals surface area contributed by atoms with Crippen molar-refractivity contribution >= 4 is 46.1 Å². The molecule has 192 valence electrons. The van der Waals surface area contributed by atoms with Crippen LogP contribution in [0.2, 0.25) is 10.0 Å². The molecule has 0 atom stereocenters. The lowest BCUT2D eigenvalue weighted by atomic mass is 10.1. The van der Waals surface area contributed by atoms with E-state index in [4.69, 9.17) is 32.9 Å². The Morgan fingerprint density at radius 2 is 1.70 bits per heavy atom. The molecule has 0 fully saturated rings. The summed E-state index contributed by atoms with van der Waals surface area (Å²) in [6, 6.07) is 18.0. The van der Waals surface area contributed by atoms with Crippen LogP contribution in [0, 0.1) is 0 Å². The van der Waals surface area contributed by atoms with Gasteiger partial charge in [0.05, 0.1) is 29.7 Å². The minimum Gasteiger partial charge on any atom is -0.462 e. The van der Waals surface area contributed by atoms with Crippen LogP contribution >= 0.6 is 23.2 Å². The van der Waals surface area contributed by atoms with Crippen molar-refractivity contribution in [3.05, 3.63) is 87.4 Å². The van der Waals surface area contributed by atoms with E-state index in [0.29, 0.717) is 58.8 Å². The summed E-state index contributed by atoms with van der Waals surface area (Å²) in [7, 11) is 0. The van der Waals surface area contributed by atoms with Gasteiger partial charge in [-0.2, -0.15) is 0 Å². The molecule has 0 aliphatic heterocycles. The van der Waals surface area contributed by atoms with E-state index in [1.807, 2.05) is 35.8 Å². The number of benzene rings is 3. The largest absolute Gasteiger partial charge is 0.462 e. The minimum atomic E-state index is -0.397. The van der Waals surface area contributed by atoms with Crippen molar-refractivity contribution in [3.8, 4) is 11.4 Å². The van der Waals surface area contributed by atoms with Crippen molar-refractivity contribution in [2.45, 2.75) is 20.4 Å². The van der Waals surface area contributed by atoms with Crippen LogP contribution in [-0.4, -0.2) is 47.7 Å². The summed E-state index contributed by atoms with van der Waals surface area (Å²) in [5.74, 6) is 0.150. The van der Waals surface area contributed by atoms with Gasteiger partial charge in [0.25, 0.3) is 5.91 Å². The molecule has 1 heterocycles. The highest BCUT2D eigenvalue weighted by molar-refractivity contribution is 6.35. The molecular formula is C28H28Cl2N4O3. The Kier molecular flexibility index (Phi) is 8.82. The second-order valence-electron chi connectivity index (χ2n) is 8.37. The Bertz CT molecular complexity index is 1420. The molecule has 3 aromatic carbocycles. The molecule has 9 heteroatoms. The molecule has 0 aliphatic carbocycles. The zero-order valence-corrected chi connectivity index (χ0v) is 22.2. The summed E-state index contributed by atoms with van der Waals surface area (Å²) >= 11 is 12.6. The van der Waals surface area contributed by atoms with Gasteiger partial charge in [-0.3, -0.25) is 4.79 Å². The first-order valence-corrected chi connectivity index (χ1v) is 12.9. The van der Waals surface area contributed by atoms with Gasteiger partial charge in [-0.1, -0.05) is 48.3 Å². The van der Waals surface area contributed by atoms with E-state index in [0.717, 1.165) is 23.2 Å². The van der Waals surface area contributed by atoms with Gasteiger partial charge in [0, 0.05) is 34.3 Å². The Morgan fingerprint density at radius 1 is 0.946 bits per heavy atom. The van der Waals surface area contributed by atoms with Crippen molar-refractivity contribution in [2.75, 3.05) is 26.2 Å². The molecule has 0 aliphatic rings. The molecule has 1 amide bonds. The highest BCUT2D eigenvalue weighted by atomic mass is 35.5. The van der Waals surface area contributed by atoms with E-state index in [9.17, 15) is 9.59 Å². The lowest BCUT2D eigenvalue weighted by molar-refractivity contribution is 0.0526. The van der Waals surface area contributed by atoms with E-state index in [1.165, 1.54) is 0 Å². The average Bonchev–Trinajstić information content (AvgIpc) is 3.26. The molecule has 0 bridgehead atoms. The third-order valence-electron chi connectivity index (χ3n) is 5.85. The molecule has 7 nitrogen and oxygen atoms in total. The van der Waals surface area contributed by atoms with Crippen LogP contribution < -0.4 is 10.6 Å². The maximum absolute atomic E-state index is 12.5. The third-order valence-corrected chi connectivity index (χ3v) is 6.43. The Morgan fingerprint density at radius 3 is 2.41 bits per heavy atom. The highest BCUT2D eigenvalue weighted by Crippen LogP contribution is 2.29. The fourth-order valence-corrected chi connectivity index (χ4v) is 4.45. The van der Waals surface area contributed by atoms with Gasteiger partial charge in [-0.25, -0.2) is 9.78 Å². The molecule has 0 saturated heterocycles. The van der Waals surface area contributed by atoms with Gasteiger partial charge in [0.15, 0.2) is 0 Å². The molecule has 2 N–H and O–H groups in total. The van der Waals surface area contributed by atoms with Gasteiger partial charge >= 0.3 is 5.97 Å². The molecule has 37 heavy (non-hydrogen) atoms. The maximum Gasteiger partial charge on any atom is 0.338 e. The first kappa shape index (κ1) is 26.7. The molecule has 4 aromatic rings. The third kappa shape index (κ3) is 6.31. The maximum atomic E-state index is 12.5. The molecule has 0 spiro atoms. The van der Waals surface area contributed by atoms with Gasteiger partial charge in [0.2, 0.25) is 0 Å². The molecule has 0 radical (unpaired) electrons. The molecule has 0 saturated carbocycles. The number of aromatic nitrogens is 2. The number of amides is 1. The predicted octanol–water partition coefficient (Wildman–Crippen LogP) is 5.57. The Hall–Kier alpha value is -3.39. The summed E-state index contributed by atoms with van der Waals surface area (Å²) in [5.41, 5.74) is 4.17. The van der Waals surface area contributed by atoms with Gasteiger partial charge in [-0.05, 0) is 61.5 Å². The molecule has 4 rings (SSSR count). The first-order chi connectivity index (χ1) is 17.9. The number of carbonyl (C=O) groups excluding carboxylic acids is 2. The second-order valence-corrected chi connectivity index (χ2v) is 9.21. The second kappa shape index (κ2) is 12.2. The summed E-state index contributed by atoms with van der Waals surface area (Å²) in [4.78, 5) is 29.6. The standard InChI is InChI=1S/C28H28Cl2N4O3/c1-3-31-13-14-32-27(35)19-7-5-18(6-8-19)26-33-24-15-20(28(36)37-4-2)10-12-25(24)34(26)17-21-9-11-22(29)16-23(21)30/h5-12,15-16,31H,3-4,13-14,17H2,1-2H3,(H,32,35). The SMILES string of the molecule is CCNCCNC(=O)c1ccc(-c2nc3cc(C(=O)OCC)ccc3n2Cc2ccc(Cl)cc2Cl)cc1. The van der Waals surface area contributed by atoms with Crippen LogP contribution in [0.1, 0.15) is 40.1 Å². The van der Waals surface area contributed by atoms with Crippen molar-refractivity contribution in [1.29, 1.82) is 0 Å². The van der Waals surface area contributed by atoms with Crippen molar-refractivity contribution in [2.24, 2.45) is 0 Å². The van der Waals surface area contributed by atoms with E-state index in [-0.39, 0.29) is 5.91 Å².